The Hall–Kier alpha value is -4.97. The Morgan fingerprint density at radius 1 is 0.639 bits per heavy atom. The summed E-state index contributed by atoms with van der Waals surface area (Å²) in [7, 11) is 0. The average Bonchev–Trinajstić information content (AvgIpc) is 3.67. The standard InChI is InChI=1S/C30H20N4O2/c1-2-6-24-23(5-1)29(21-9-19(11-31-13-21)27-15-33-17-35-27)25-7-3-4-8-26(25)30(24)22-10-20(12-32-14-22)28-16-34-18-36-28/h1-13,15-18,32H,14H2. The van der Waals surface area contributed by atoms with E-state index >= 15 is 0 Å². The van der Waals surface area contributed by atoms with Crippen molar-refractivity contribution in [3.05, 3.63) is 116 Å². The van der Waals surface area contributed by atoms with E-state index in [1.807, 2.05) is 12.4 Å². The van der Waals surface area contributed by atoms with E-state index in [2.05, 4.69) is 80.9 Å². The van der Waals surface area contributed by atoms with E-state index < -0.39 is 0 Å². The van der Waals surface area contributed by atoms with E-state index in [9.17, 15) is 0 Å². The molecule has 0 saturated heterocycles. The summed E-state index contributed by atoms with van der Waals surface area (Å²) in [5, 5.41) is 8.13. The van der Waals surface area contributed by atoms with Crippen LogP contribution in [0.1, 0.15) is 11.3 Å². The topological polar surface area (TPSA) is 77.0 Å². The first-order chi connectivity index (χ1) is 17.9. The number of hydrogen-bond donors (Lipinski definition) is 1. The zero-order valence-electron chi connectivity index (χ0n) is 19.2. The van der Waals surface area contributed by atoms with Gasteiger partial charge in [-0.05, 0) is 50.4 Å². The Balaban J connectivity index is 1.51. The molecule has 0 unspecified atom stereocenters. The normalized spacial score (nSPS) is 13.4. The number of aromatic nitrogens is 3. The summed E-state index contributed by atoms with van der Waals surface area (Å²) in [6.07, 6.45) is 14.2. The zero-order chi connectivity index (χ0) is 23.9. The second-order valence-electron chi connectivity index (χ2n) is 8.68. The molecule has 6 heteroatoms. The molecule has 0 spiro atoms. The zero-order valence-corrected chi connectivity index (χ0v) is 19.2. The van der Waals surface area contributed by atoms with Gasteiger partial charge in [0, 0.05) is 41.8 Å². The van der Waals surface area contributed by atoms with E-state index in [0.717, 1.165) is 28.0 Å². The molecule has 0 atom stereocenters. The number of fused-ring (bicyclic) bond motifs is 2. The molecule has 0 aliphatic carbocycles. The number of allylic oxidation sites excluding steroid dienone is 2. The van der Waals surface area contributed by atoms with Crippen LogP contribution in [0.4, 0.5) is 0 Å². The minimum atomic E-state index is 0.694. The van der Waals surface area contributed by atoms with Gasteiger partial charge >= 0.3 is 0 Å². The van der Waals surface area contributed by atoms with E-state index in [-0.39, 0.29) is 0 Å². The van der Waals surface area contributed by atoms with Crippen LogP contribution in [0.5, 0.6) is 0 Å². The van der Waals surface area contributed by atoms with Crippen LogP contribution in [0, 0.1) is 0 Å². The van der Waals surface area contributed by atoms with Gasteiger partial charge in [0.2, 0.25) is 0 Å². The summed E-state index contributed by atoms with van der Waals surface area (Å²) in [5.41, 5.74) is 6.44. The lowest BCUT2D eigenvalue weighted by Gasteiger charge is -2.21. The minimum absolute atomic E-state index is 0.694. The smallest absolute Gasteiger partial charge is 0.181 e. The van der Waals surface area contributed by atoms with Crippen LogP contribution >= 0.6 is 0 Å². The van der Waals surface area contributed by atoms with Crippen LogP contribution in [0.3, 0.4) is 0 Å². The van der Waals surface area contributed by atoms with Crippen LogP contribution in [0.25, 0.3) is 55.1 Å². The van der Waals surface area contributed by atoms with Crippen molar-refractivity contribution in [2.45, 2.75) is 0 Å². The molecule has 172 valence electrons. The molecule has 6 aromatic rings. The summed E-state index contributed by atoms with van der Waals surface area (Å²) >= 11 is 0. The lowest BCUT2D eigenvalue weighted by atomic mass is 9.85. The first kappa shape index (κ1) is 20.4. The maximum absolute atomic E-state index is 5.57. The van der Waals surface area contributed by atoms with E-state index in [4.69, 9.17) is 8.83 Å². The maximum Gasteiger partial charge on any atom is 0.181 e. The largest absolute Gasteiger partial charge is 0.443 e. The Morgan fingerprint density at radius 2 is 1.25 bits per heavy atom. The highest BCUT2D eigenvalue weighted by Gasteiger charge is 2.20. The predicted molar refractivity (Wildman–Crippen MR) is 141 cm³/mol. The van der Waals surface area contributed by atoms with Gasteiger partial charge in [0.15, 0.2) is 24.3 Å². The first-order valence-electron chi connectivity index (χ1n) is 11.7. The lowest BCUT2D eigenvalue weighted by molar-refractivity contribution is 0.545. The number of pyridine rings is 1. The summed E-state index contributed by atoms with van der Waals surface area (Å²) < 4.78 is 11.1. The molecule has 0 radical (unpaired) electrons. The van der Waals surface area contributed by atoms with Crippen molar-refractivity contribution in [1.29, 1.82) is 0 Å². The van der Waals surface area contributed by atoms with Gasteiger partial charge in [-0.25, -0.2) is 9.97 Å². The van der Waals surface area contributed by atoms with Crippen molar-refractivity contribution in [1.82, 2.24) is 20.3 Å². The van der Waals surface area contributed by atoms with Gasteiger partial charge in [-0.3, -0.25) is 4.98 Å². The molecule has 3 aromatic heterocycles. The van der Waals surface area contributed by atoms with Crippen LogP contribution in [0.2, 0.25) is 0 Å². The molecule has 0 saturated carbocycles. The number of dihydropyridines is 1. The summed E-state index contributed by atoms with van der Waals surface area (Å²) in [6, 6.07) is 19.3. The molecule has 0 bridgehead atoms. The summed E-state index contributed by atoms with van der Waals surface area (Å²) in [5.74, 6) is 1.43. The number of oxazole rings is 2. The first-order valence-corrected chi connectivity index (χ1v) is 11.7. The molecule has 1 aliphatic rings. The van der Waals surface area contributed by atoms with Crippen molar-refractivity contribution in [2.75, 3.05) is 6.54 Å². The summed E-state index contributed by atoms with van der Waals surface area (Å²) in [6.45, 7) is 0.716. The molecule has 7 rings (SSSR count). The molecule has 3 aromatic carbocycles. The van der Waals surface area contributed by atoms with Gasteiger partial charge in [-0.15, -0.1) is 0 Å². The van der Waals surface area contributed by atoms with Gasteiger partial charge in [-0.1, -0.05) is 48.5 Å². The SMILES string of the molecule is C1=C(c2cnco2)C=C(c2c3ccccc3c(-c3cncc(-c4cnco4)c3)c3ccccc23)CN1. The molecule has 4 heterocycles. The van der Waals surface area contributed by atoms with Crippen molar-refractivity contribution in [3.63, 3.8) is 0 Å². The second-order valence-corrected chi connectivity index (χ2v) is 8.68. The van der Waals surface area contributed by atoms with E-state index in [1.54, 1.807) is 18.6 Å². The van der Waals surface area contributed by atoms with Crippen molar-refractivity contribution >= 4 is 32.7 Å². The molecule has 0 fully saturated rings. The molecular formula is C30H20N4O2. The van der Waals surface area contributed by atoms with E-state index in [0.29, 0.717) is 12.3 Å². The highest BCUT2D eigenvalue weighted by Crippen LogP contribution is 2.43. The predicted octanol–water partition coefficient (Wildman–Crippen LogP) is 6.73. The van der Waals surface area contributed by atoms with Crippen LogP contribution in [-0.2, 0) is 0 Å². The number of hydrogen-bond acceptors (Lipinski definition) is 6. The maximum atomic E-state index is 5.57. The fraction of sp³-hybridized carbons (Fsp3) is 0.0333. The number of nitrogens with one attached hydrogen (secondary N) is 1. The van der Waals surface area contributed by atoms with Crippen LogP contribution < -0.4 is 5.32 Å². The highest BCUT2D eigenvalue weighted by molar-refractivity contribution is 6.19. The Morgan fingerprint density at radius 3 is 1.89 bits per heavy atom. The van der Waals surface area contributed by atoms with E-state index in [1.165, 1.54) is 45.5 Å². The van der Waals surface area contributed by atoms with Crippen LogP contribution in [-0.4, -0.2) is 21.5 Å². The second kappa shape index (κ2) is 8.36. The Labute approximate surface area is 206 Å². The third kappa shape index (κ3) is 3.31. The molecule has 1 aliphatic heterocycles. The molecule has 36 heavy (non-hydrogen) atoms. The monoisotopic (exact) mass is 468 g/mol. The van der Waals surface area contributed by atoms with Gasteiger partial charge in [0.1, 0.15) is 0 Å². The van der Waals surface area contributed by atoms with Gasteiger partial charge < -0.3 is 14.2 Å². The Kier molecular flexibility index (Phi) is 4.74. The lowest BCUT2D eigenvalue weighted by Crippen LogP contribution is -2.14. The van der Waals surface area contributed by atoms with Gasteiger partial charge in [0.25, 0.3) is 0 Å². The third-order valence-corrected chi connectivity index (χ3v) is 6.59. The van der Waals surface area contributed by atoms with Crippen molar-refractivity contribution in [2.24, 2.45) is 0 Å². The van der Waals surface area contributed by atoms with Crippen LogP contribution in [0.15, 0.2) is 113 Å². The number of nitrogens with zero attached hydrogens (tertiary/aromatic N) is 3. The fourth-order valence-corrected chi connectivity index (χ4v) is 5.07. The minimum Gasteiger partial charge on any atom is -0.443 e. The molecule has 1 N–H and O–H groups in total. The van der Waals surface area contributed by atoms with Crippen molar-refractivity contribution in [3.8, 4) is 22.5 Å². The average molecular weight is 469 g/mol. The number of rotatable bonds is 4. The Bertz CT molecular complexity index is 1720. The molecule has 0 amide bonds. The van der Waals surface area contributed by atoms with Gasteiger partial charge in [-0.2, -0.15) is 0 Å². The quantitative estimate of drug-likeness (QED) is 0.289. The fourth-order valence-electron chi connectivity index (χ4n) is 5.07. The summed E-state index contributed by atoms with van der Waals surface area (Å²) in [4.78, 5) is 12.7. The molecule has 6 nitrogen and oxygen atoms in total. The number of benzene rings is 3. The van der Waals surface area contributed by atoms with Crippen molar-refractivity contribution < 1.29 is 8.83 Å². The third-order valence-electron chi connectivity index (χ3n) is 6.59. The molecular weight excluding hydrogens is 448 g/mol. The highest BCUT2D eigenvalue weighted by atomic mass is 16.3. The van der Waals surface area contributed by atoms with Gasteiger partial charge in [0.05, 0.1) is 12.4 Å².